The van der Waals surface area contributed by atoms with Gasteiger partial charge in [0.05, 0.1) is 36.1 Å². The van der Waals surface area contributed by atoms with Gasteiger partial charge in [-0.2, -0.15) is 5.10 Å². The first kappa shape index (κ1) is 22.9. The highest BCUT2D eigenvalue weighted by molar-refractivity contribution is 5.95. The van der Waals surface area contributed by atoms with Gasteiger partial charge in [0.25, 0.3) is 0 Å². The lowest BCUT2D eigenvalue weighted by atomic mass is 10.1. The van der Waals surface area contributed by atoms with Crippen LogP contribution >= 0.6 is 0 Å². The third kappa shape index (κ3) is 5.08. The van der Waals surface area contributed by atoms with Gasteiger partial charge in [-0.25, -0.2) is 9.48 Å². The predicted octanol–water partition coefficient (Wildman–Crippen LogP) is 4.47. The van der Waals surface area contributed by atoms with Crippen molar-refractivity contribution in [2.75, 3.05) is 13.2 Å². The van der Waals surface area contributed by atoms with Gasteiger partial charge in [-0.1, -0.05) is 12.1 Å². The summed E-state index contributed by atoms with van der Waals surface area (Å²) in [6.07, 6.45) is -1.83. The van der Waals surface area contributed by atoms with Crippen LogP contribution in [-0.4, -0.2) is 35.3 Å². The van der Waals surface area contributed by atoms with E-state index >= 15 is 0 Å². The summed E-state index contributed by atoms with van der Waals surface area (Å²) in [6, 6.07) is 9.83. The van der Waals surface area contributed by atoms with Gasteiger partial charge in [0.15, 0.2) is 0 Å². The largest absolute Gasteiger partial charge is 0.573 e. The van der Waals surface area contributed by atoms with Crippen molar-refractivity contribution in [1.29, 1.82) is 0 Å². The number of carbonyl (C=O) groups is 1. The first-order valence-corrected chi connectivity index (χ1v) is 9.62. The van der Waals surface area contributed by atoms with E-state index in [1.807, 2.05) is 0 Å². The Balaban J connectivity index is 2.23. The Hall–Kier alpha value is -3.82. The standard InChI is InChI=1S/C22H19F3N2O5/c1-3-30-13-12-14-6-5-7-17-18(14)20(28)19(21(29)31-4-2)26-27(17)15-8-10-16(11-9-15)32-22(23,24)25/h5-13H,3-4H2,1-2H3/b13-12+. The number of esters is 1. The molecule has 0 radical (unpaired) electrons. The van der Waals surface area contributed by atoms with Crippen molar-refractivity contribution in [1.82, 2.24) is 9.78 Å². The zero-order chi connectivity index (χ0) is 23.3. The molecule has 0 unspecified atom stereocenters. The molecule has 1 aromatic heterocycles. The van der Waals surface area contributed by atoms with Gasteiger partial charge in [-0.3, -0.25) is 4.79 Å². The summed E-state index contributed by atoms with van der Waals surface area (Å²) in [4.78, 5) is 25.5. The summed E-state index contributed by atoms with van der Waals surface area (Å²) >= 11 is 0. The van der Waals surface area contributed by atoms with E-state index in [4.69, 9.17) is 9.47 Å². The number of ether oxygens (including phenoxy) is 3. The quantitative estimate of drug-likeness (QED) is 0.392. The minimum absolute atomic E-state index is 0.0351. The molecule has 0 amide bonds. The average Bonchev–Trinajstić information content (AvgIpc) is 2.74. The molecule has 0 bridgehead atoms. The van der Waals surface area contributed by atoms with Gasteiger partial charge >= 0.3 is 12.3 Å². The third-order valence-electron chi connectivity index (χ3n) is 4.24. The SMILES string of the molecule is CCO/C=C/c1cccc2c1c(=O)c(C(=O)OCC)nn2-c1ccc(OC(F)(F)F)cc1. The van der Waals surface area contributed by atoms with Crippen molar-refractivity contribution in [2.45, 2.75) is 20.2 Å². The number of nitrogens with zero attached hydrogens (tertiary/aromatic N) is 2. The molecule has 0 N–H and O–H groups in total. The molecule has 32 heavy (non-hydrogen) atoms. The predicted molar refractivity (Wildman–Crippen MR) is 111 cm³/mol. The Morgan fingerprint density at radius 1 is 1.09 bits per heavy atom. The van der Waals surface area contributed by atoms with Crippen molar-refractivity contribution in [3.05, 3.63) is 70.2 Å². The monoisotopic (exact) mass is 448 g/mol. The average molecular weight is 448 g/mol. The maximum Gasteiger partial charge on any atom is 0.573 e. The number of hydrogen-bond acceptors (Lipinski definition) is 6. The number of halogens is 3. The molecular weight excluding hydrogens is 429 g/mol. The van der Waals surface area contributed by atoms with E-state index in [1.165, 1.54) is 23.1 Å². The summed E-state index contributed by atoms with van der Waals surface area (Å²) < 4.78 is 52.7. The maximum atomic E-state index is 13.1. The topological polar surface area (TPSA) is 79.7 Å². The zero-order valence-electron chi connectivity index (χ0n) is 17.2. The van der Waals surface area contributed by atoms with Crippen molar-refractivity contribution in [2.24, 2.45) is 0 Å². The van der Waals surface area contributed by atoms with Crippen LogP contribution in [0.3, 0.4) is 0 Å². The van der Waals surface area contributed by atoms with E-state index in [9.17, 15) is 22.8 Å². The summed E-state index contributed by atoms with van der Waals surface area (Å²) in [5.41, 5.74) is 0.0302. The van der Waals surface area contributed by atoms with Gasteiger partial charge in [-0.05, 0) is 55.8 Å². The molecule has 0 atom stereocenters. The molecule has 0 spiro atoms. The van der Waals surface area contributed by atoms with Crippen LogP contribution < -0.4 is 10.2 Å². The summed E-state index contributed by atoms with van der Waals surface area (Å²) in [7, 11) is 0. The van der Waals surface area contributed by atoms with Crippen LogP contribution in [0.15, 0.2) is 53.5 Å². The summed E-state index contributed by atoms with van der Waals surface area (Å²) in [5, 5.41) is 4.32. The number of aromatic nitrogens is 2. The molecule has 0 aliphatic carbocycles. The van der Waals surface area contributed by atoms with Crippen molar-refractivity contribution in [3.63, 3.8) is 0 Å². The lowest BCUT2D eigenvalue weighted by Gasteiger charge is -2.14. The number of carbonyl (C=O) groups excluding carboxylic acids is 1. The third-order valence-corrected chi connectivity index (χ3v) is 4.24. The van der Waals surface area contributed by atoms with E-state index in [0.29, 0.717) is 23.4 Å². The molecule has 168 valence electrons. The first-order valence-electron chi connectivity index (χ1n) is 9.62. The zero-order valence-corrected chi connectivity index (χ0v) is 17.2. The number of rotatable bonds is 7. The van der Waals surface area contributed by atoms with Crippen LogP contribution in [0.1, 0.15) is 29.9 Å². The lowest BCUT2D eigenvalue weighted by Crippen LogP contribution is -2.24. The molecule has 3 rings (SSSR count). The van der Waals surface area contributed by atoms with Crippen LogP contribution in [0.5, 0.6) is 5.75 Å². The van der Waals surface area contributed by atoms with Gasteiger partial charge in [0.1, 0.15) is 5.75 Å². The number of hydrogen-bond donors (Lipinski definition) is 0. The normalized spacial score (nSPS) is 11.7. The Bertz CT molecular complexity index is 1200. The Morgan fingerprint density at radius 3 is 2.44 bits per heavy atom. The van der Waals surface area contributed by atoms with Gasteiger partial charge < -0.3 is 14.2 Å². The molecule has 2 aromatic carbocycles. The number of fused-ring (bicyclic) bond motifs is 1. The van der Waals surface area contributed by atoms with E-state index in [2.05, 4.69) is 9.84 Å². The number of benzene rings is 2. The second kappa shape index (κ2) is 9.54. The molecule has 0 saturated carbocycles. The minimum Gasteiger partial charge on any atom is -0.501 e. The van der Waals surface area contributed by atoms with Gasteiger partial charge in [0, 0.05) is 0 Å². The second-order valence-corrected chi connectivity index (χ2v) is 6.35. The molecule has 0 saturated heterocycles. The number of alkyl halides is 3. The fourth-order valence-electron chi connectivity index (χ4n) is 2.97. The van der Waals surface area contributed by atoms with Crippen LogP contribution in [0.4, 0.5) is 13.2 Å². The van der Waals surface area contributed by atoms with Crippen LogP contribution in [-0.2, 0) is 9.47 Å². The van der Waals surface area contributed by atoms with Crippen LogP contribution in [0, 0.1) is 0 Å². The second-order valence-electron chi connectivity index (χ2n) is 6.35. The fourth-order valence-corrected chi connectivity index (χ4v) is 2.97. The Kier molecular flexibility index (Phi) is 6.82. The fraction of sp³-hybridized carbons (Fsp3) is 0.227. The van der Waals surface area contributed by atoms with Crippen molar-refractivity contribution >= 4 is 22.9 Å². The Labute approximate surface area is 180 Å². The Morgan fingerprint density at radius 2 is 1.81 bits per heavy atom. The molecule has 7 nitrogen and oxygen atoms in total. The summed E-state index contributed by atoms with van der Waals surface area (Å²) in [5.74, 6) is -1.33. The van der Waals surface area contributed by atoms with Crippen molar-refractivity contribution in [3.8, 4) is 11.4 Å². The lowest BCUT2D eigenvalue weighted by molar-refractivity contribution is -0.274. The highest BCUT2D eigenvalue weighted by Gasteiger charge is 2.31. The van der Waals surface area contributed by atoms with Crippen LogP contribution in [0.25, 0.3) is 22.7 Å². The van der Waals surface area contributed by atoms with E-state index in [-0.39, 0.29) is 12.0 Å². The van der Waals surface area contributed by atoms with E-state index in [1.54, 1.807) is 38.1 Å². The molecule has 3 aromatic rings. The minimum atomic E-state index is -4.83. The highest BCUT2D eigenvalue weighted by Crippen LogP contribution is 2.25. The summed E-state index contributed by atoms with van der Waals surface area (Å²) in [6.45, 7) is 3.85. The molecule has 0 aliphatic rings. The van der Waals surface area contributed by atoms with Crippen LogP contribution in [0.2, 0.25) is 0 Å². The molecular formula is C22H19F3N2O5. The molecule has 0 aliphatic heterocycles. The highest BCUT2D eigenvalue weighted by atomic mass is 19.4. The molecule has 10 heteroatoms. The molecule has 0 fully saturated rings. The van der Waals surface area contributed by atoms with Gasteiger partial charge in [-0.15, -0.1) is 13.2 Å². The maximum absolute atomic E-state index is 13.1. The smallest absolute Gasteiger partial charge is 0.501 e. The van der Waals surface area contributed by atoms with E-state index < -0.39 is 29.2 Å². The van der Waals surface area contributed by atoms with E-state index in [0.717, 1.165) is 12.1 Å². The van der Waals surface area contributed by atoms with Gasteiger partial charge in [0.2, 0.25) is 11.1 Å². The van der Waals surface area contributed by atoms with Crippen molar-refractivity contribution < 1.29 is 32.2 Å². The first-order chi connectivity index (χ1) is 15.2. The molecule has 1 heterocycles.